The Morgan fingerprint density at radius 2 is 1.74 bits per heavy atom. The van der Waals surface area contributed by atoms with Crippen LogP contribution in [-0.2, 0) is 16.0 Å². The van der Waals surface area contributed by atoms with Crippen molar-refractivity contribution in [2.24, 2.45) is 0 Å². The quantitative estimate of drug-likeness (QED) is 0.598. The Morgan fingerprint density at radius 1 is 0.926 bits per heavy atom. The Kier molecular flexibility index (Phi) is 6.60. The predicted molar refractivity (Wildman–Crippen MR) is 104 cm³/mol. The van der Waals surface area contributed by atoms with Crippen molar-refractivity contribution in [3.8, 4) is 11.5 Å². The molecule has 1 amide bonds. The van der Waals surface area contributed by atoms with Gasteiger partial charge in [0.1, 0.15) is 11.5 Å². The van der Waals surface area contributed by atoms with E-state index < -0.39 is 5.97 Å². The second-order valence-corrected chi connectivity index (χ2v) is 6.73. The molecule has 0 aliphatic carbocycles. The first-order chi connectivity index (χ1) is 13.2. The summed E-state index contributed by atoms with van der Waals surface area (Å²) in [5.41, 5.74) is 0.329. The summed E-state index contributed by atoms with van der Waals surface area (Å²) in [5, 5.41) is 4.73. The summed E-state index contributed by atoms with van der Waals surface area (Å²) in [6, 6.07) is 19.9. The van der Waals surface area contributed by atoms with Crippen LogP contribution in [0.5, 0.6) is 11.5 Å². The van der Waals surface area contributed by atoms with Gasteiger partial charge in [-0.3, -0.25) is 4.79 Å². The maximum Gasteiger partial charge on any atom is 0.338 e. The van der Waals surface area contributed by atoms with Crippen molar-refractivity contribution in [2.45, 2.75) is 6.42 Å². The molecule has 6 heteroatoms. The van der Waals surface area contributed by atoms with E-state index >= 15 is 0 Å². The van der Waals surface area contributed by atoms with Gasteiger partial charge in [0.05, 0.1) is 5.56 Å². The van der Waals surface area contributed by atoms with Crippen molar-refractivity contribution < 1.29 is 19.1 Å². The van der Waals surface area contributed by atoms with E-state index in [0.717, 1.165) is 6.42 Å². The number of esters is 1. The summed E-state index contributed by atoms with van der Waals surface area (Å²) in [4.78, 5) is 25.2. The molecule has 138 valence electrons. The predicted octanol–water partition coefficient (Wildman–Crippen LogP) is 4.06. The number of ether oxygens (including phenoxy) is 2. The highest BCUT2D eigenvalue weighted by atomic mass is 32.1. The Balaban J connectivity index is 1.46. The number of para-hydroxylation sites is 1. The van der Waals surface area contributed by atoms with Crippen molar-refractivity contribution >= 4 is 23.2 Å². The van der Waals surface area contributed by atoms with E-state index in [1.165, 1.54) is 4.88 Å². The molecule has 1 N–H and O–H groups in total. The maximum atomic E-state index is 12.2. The topological polar surface area (TPSA) is 64.6 Å². The van der Waals surface area contributed by atoms with E-state index in [1.807, 2.05) is 47.8 Å². The first-order valence-corrected chi connectivity index (χ1v) is 9.38. The zero-order valence-electron chi connectivity index (χ0n) is 14.6. The molecule has 0 spiro atoms. The van der Waals surface area contributed by atoms with Crippen LogP contribution >= 0.6 is 11.3 Å². The zero-order valence-corrected chi connectivity index (χ0v) is 15.4. The number of benzene rings is 2. The third-order valence-corrected chi connectivity index (χ3v) is 4.59. The summed E-state index contributed by atoms with van der Waals surface area (Å²) in [5.74, 6) is 0.308. The zero-order chi connectivity index (χ0) is 18.9. The molecule has 3 aromatic rings. The Bertz CT molecular complexity index is 878. The number of hydrogen-bond donors (Lipinski definition) is 1. The molecule has 0 fully saturated rings. The van der Waals surface area contributed by atoms with Gasteiger partial charge in [-0.25, -0.2) is 4.79 Å². The lowest BCUT2D eigenvalue weighted by atomic mass is 10.2. The van der Waals surface area contributed by atoms with Crippen LogP contribution in [0.2, 0.25) is 0 Å². The largest absolute Gasteiger partial charge is 0.457 e. The number of carbonyl (C=O) groups excluding carboxylic acids is 2. The van der Waals surface area contributed by atoms with E-state index in [9.17, 15) is 9.59 Å². The molecule has 0 unspecified atom stereocenters. The van der Waals surface area contributed by atoms with E-state index in [2.05, 4.69) is 5.32 Å². The molecular weight excluding hydrogens is 362 g/mol. The summed E-state index contributed by atoms with van der Waals surface area (Å²) in [7, 11) is 0. The van der Waals surface area contributed by atoms with Gasteiger partial charge in [0.15, 0.2) is 6.61 Å². The molecule has 0 aliphatic heterocycles. The van der Waals surface area contributed by atoms with E-state index in [1.54, 1.807) is 35.6 Å². The fourth-order valence-electron chi connectivity index (χ4n) is 2.36. The molecule has 0 aliphatic rings. The lowest BCUT2D eigenvalue weighted by molar-refractivity contribution is -0.124. The molecule has 3 rings (SSSR count). The second-order valence-electron chi connectivity index (χ2n) is 5.70. The minimum Gasteiger partial charge on any atom is -0.457 e. The molecule has 1 aromatic heterocycles. The van der Waals surface area contributed by atoms with Crippen molar-refractivity contribution in [1.82, 2.24) is 5.32 Å². The highest BCUT2D eigenvalue weighted by Gasteiger charge is 2.11. The lowest BCUT2D eigenvalue weighted by Gasteiger charge is -2.08. The normalized spacial score (nSPS) is 10.2. The van der Waals surface area contributed by atoms with Crippen LogP contribution < -0.4 is 10.1 Å². The van der Waals surface area contributed by atoms with Crippen molar-refractivity contribution in [2.75, 3.05) is 13.2 Å². The van der Waals surface area contributed by atoms with Gasteiger partial charge >= 0.3 is 5.97 Å². The second kappa shape index (κ2) is 9.54. The van der Waals surface area contributed by atoms with Crippen molar-refractivity contribution in [1.29, 1.82) is 0 Å². The molecule has 0 saturated carbocycles. The molecule has 2 aromatic carbocycles. The highest BCUT2D eigenvalue weighted by Crippen LogP contribution is 2.22. The number of hydrogen-bond acceptors (Lipinski definition) is 5. The van der Waals surface area contributed by atoms with Crippen LogP contribution in [0.1, 0.15) is 15.2 Å². The molecule has 1 heterocycles. The summed E-state index contributed by atoms with van der Waals surface area (Å²) in [6.07, 6.45) is 0.760. The fourth-order valence-corrected chi connectivity index (χ4v) is 3.07. The first-order valence-electron chi connectivity index (χ1n) is 8.50. The third kappa shape index (κ3) is 5.97. The third-order valence-electron chi connectivity index (χ3n) is 3.66. The van der Waals surface area contributed by atoms with Crippen LogP contribution in [0.3, 0.4) is 0 Å². The van der Waals surface area contributed by atoms with Gasteiger partial charge in [-0.05, 0) is 48.2 Å². The van der Waals surface area contributed by atoms with Crippen molar-refractivity contribution in [3.63, 3.8) is 0 Å². The van der Waals surface area contributed by atoms with Crippen LogP contribution in [0.4, 0.5) is 0 Å². The molecular formula is C21H19NO4S. The molecule has 0 saturated heterocycles. The van der Waals surface area contributed by atoms with E-state index in [0.29, 0.717) is 23.6 Å². The number of nitrogens with one attached hydrogen (secondary N) is 1. The highest BCUT2D eigenvalue weighted by molar-refractivity contribution is 7.09. The standard InChI is InChI=1S/C21H19NO4S/c23-20(22-12-11-19-10-5-13-27-19)15-25-21(24)16-6-4-9-18(14-16)26-17-7-2-1-3-8-17/h1-10,13-14H,11-12,15H2,(H,22,23). The summed E-state index contributed by atoms with van der Waals surface area (Å²) < 4.78 is 10.8. The average molecular weight is 381 g/mol. The average Bonchev–Trinajstić information content (AvgIpc) is 3.20. The van der Waals surface area contributed by atoms with Gasteiger partial charge in [-0.1, -0.05) is 30.3 Å². The lowest BCUT2D eigenvalue weighted by Crippen LogP contribution is -2.30. The Hall–Kier alpha value is -3.12. The van der Waals surface area contributed by atoms with Crippen molar-refractivity contribution in [3.05, 3.63) is 82.6 Å². The van der Waals surface area contributed by atoms with Gasteiger partial charge in [0.2, 0.25) is 0 Å². The molecule has 0 bridgehead atoms. The van der Waals surface area contributed by atoms with Crippen LogP contribution in [0, 0.1) is 0 Å². The summed E-state index contributed by atoms with van der Waals surface area (Å²) >= 11 is 1.64. The number of carbonyl (C=O) groups is 2. The van der Waals surface area contributed by atoms with Crippen LogP contribution in [-0.4, -0.2) is 25.0 Å². The first kappa shape index (κ1) is 18.7. The van der Waals surface area contributed by atoms with Crippen LogP contribution in [0.25, 0.3) is 0 Å². The van der Waals surface area contributed by atoms with Gasteiger partial charge < -0.3 is 14.8 Å². The monoisotopic (exact) mass is 381 g/mol. The van der Waals surface area contributed by atoms with Gasteiger partial charge in [-0.15, -0.1) is 11.3 Å². The van der Waals surface area contributed by atoms with Gasteiger partial charge in [-0.2, -0.15) is 0 Å². The van der Waals surface area contributed by atoms with E-state index in [-0.39, 0.29) is 12.5 Å². The smallest absolute Gasteiger partial charge is 0.338 e. The molecule has 0 radical (unpaired) electrons. The van der Waals surface area contributed by atoms with Gasteiger partial charge in [0, 0.05) is 11.4 Å². The fraction of sp³-hybridized carbons (Fsp3) is 0.143. The molecule has 5 nitrogen and oxygen atoms in total. The minimum atomic E-state index is -0.568. The number of rotatable bonds is 8. The maximum absolute atomic E-state index is 12.2. The SMILES string of the molecule is O=C(COC(=O)c1cccc(Oc2ccccc2)c1)NCCc1cccs1. The summed E-state index contributed by atoms with van der Waals surface area (Å²) in [6.45, 7) is 0.199. The molecule has 0 atom stereocenters. The number of amides is 1. The molecule has 27 heavy (non-hydrogen) atoms. The van der Waals surface area contributed by atoms with E-state index in [4.69, 9.17) is 9.47 Å². The van der Waals surface area contributed by atoms with Gasteiger partial charge in [0.25, 0.3) is 5.91 Å². The van der Waals surface area contributed by atoms with Crippen LogP contribution in [0.15, 0.2) is 72.1 Å². The minimum absolute atomic E-state index is 0.312. The Morgan fingerprint density at radius 3 is 2.52 bits per heavy atom. The number of thiophene rings is 1. The Labute approximate surface area is 161 Å².